The molecule has 0 radical (unpaired) electrons. The first-order valence-corrected chi connectivity index (χ1v) is 6.94. The van der Waals surface area contributed by atoms with Crippen molar-refractivity contribution in [2.24, 2.45) is 5.73 Å². The van der Waals surface area contributed by atoms with Gasteiger partial charge in [-0.2, -0.15) is 0 Å². The predicted octanol–water partition coefficient (Wildman–Crippen LogP) is 4.35. The second kappa shape index (κ2) is 6.37. The maximum absolute atomic E-state index is 13.2. The average Bonchev–Trinajstić information content (AvgIpc) is 2.37. The van der Waals surface area contributed by atoms with Crippen molar-refractivity contribution >= 4 is 33.2 Å². The first kappa shape index (κ1) is 14.3. The number of nitrogens with two attached hydrogens (primary N) is 1. The number of hydrogen-bond donors (Lipinski definition) is 2. The molecule has 100 valence electrons. The Morgan fingerprint density at radius 3 is 2.68 bits per heavy atom. The Morgan fingerprint density at radius 1 is 1.26 bits per heavy atom. The van der Waals surface area contributed by atoms with Crippen molar-refractivity contribution < 1.29 is 4.39 Å². The van der Waals surface area contributed by atoms with Crippen LogP contribution in [0.15, 0.2) is 46.9 Å². The molecule has 0 aliphatic rings. The minimum absolute atomic E-state index is 0.117. The summed E-state index contributed by atoms with van der Waals surface area (Å²) in [7, 11) is 0. The third-order valence-electron chi connectivity index (χ3n) is 2.74. The monoisotopic (exact) mass is 342 g/mol. The molecule has 0 saturated heterocycles. The highest BCUT2D eigenvalue weighted by molar-refractivity contribution is 9.10. The van der Waals surface area contributed by atoms with E-state index in [1.165, 1.54) is 12.1 Å². The summed E-state index contributed by atoms with van der Waals surface area (Å²) in [5.41, 5.74) is 7.46. The molecule has 2 nitrogen and oxygen atoms in total. The molecular formula is C14H13BrClFN2. The van der Waals surface area contributed by atoms with Gasteiger partial charge < -0.3 is 11.1 Å². The molecule has 0 spiro atoms. The fourth-order valence-corrected chi connectivity index (χ4v) is 2.79. The summed E-state index contributed by atoms with van der Waals surface area (Å²) >= 11 is 9.38. The maximum Gasteiger partial charge on any atom is 0.125 e. The van der Waals surface area contributed by atoms with Gasteiger partial charge in [-0.3, -0.25) is 0 Å². The van der Waals surface area contributed by atoms with E-state index in [9.17, 15) is 4.39 Å². The van der Waals surface area contributed by atoms with Gasteiger partial charge in [-0.05, 0) is 35.9 Å². The van der Waals surface area contributed by atoms with E-state index in [-0.39, 0.29) is 11.9 Å². The summed E-state index contributed by atoms with van der Waals surface area (Å²) in [5.74, 6) is -0.282. The quantitative estimate of drug-likeness (QED) is 0.866. The number of nitrogens with one attached hydrogen (secondary N) is 1. The van der Waals surface area contributed by atoms with Crippen molar-refractivity contribution in [3.8, 4) is 0 Å². The summed E-state index contributed by atoms with van der Waals surface area (Å²) < 4.78 is 14.0. The lowest BCUT2D eigenvalue weighted by Gasteiger charge is -2.20. The van der Waals surface area contributed by atoms with Crippen LogP contribution in [0, 0.1) is 5.82 Å². The topological polar surface area (TPSA) is 38.0 Å². The predicted molar refractivity (Wildman–Crippen MR) is 81.0 cm³/mol. The van der Waals surface area contributed by atoms with Crippen LogP contribution in [0.25, 0.3) is 0 Å². The largest absolute Gasteiger partial charge is 0.377 e. The lowest BCUT2D eigenvalue weighted by Crippen LogP contribution is -2.21. The number of benzene rings is 2. The van der Waals surface area contributed by atoms with Crippen LogP contribution in [0.4, 0.5) is 10.1 Å². The molecule has 2 aromatic carbocycles. The minimum atomic E-state index is -0.282. The van der Waals surface area contributed by atoms with Gasteiger partial charge in [0.25, 0.3) is 0 Å². The van der Waals surface area contributed by atoms with E-state index < -0.39 is 0 Å². The molecule has 1 unspecified atom stereocenters. The van der Waals surface area contributed by atoms with Crippen LogP contribution < -0.4 is 11.1 Å². The van der Waals surface area contributed by atoms with Crippen LogP contribution in [0.2, 0.25) is 5.02 Å². The van der Waals surface area contributed by atoms with Crippen LogP contribution in [0.3, 0.4) is 0 Å². The van der Waals surface area contributed by atoms with E-state index in [0.717, 1.165) is 10.0 Å². The van der Waals surface area contributed by atoms with Gasteiger partial charge in [-0.1, -0.05) is 39.7 Å². The normalized spacial score (nSPS) is 12.2. The highest BCUT2D eigenvalue weighted by Gasteiger charge is 2.13. The summed E-state index contributed by atoms with van der Waals surface area (Å²) in [5, 5.41) is 3.86. The van der Waals surface area contributed by atoms with Crippen LogP contribution in [0.5, 0.6) is 0 Å². The van der Waals surface area contributed by atoms with Crippen LogP contribution >= 0.6 is 27.5 Å². The van der Waals surface area contributed by atoms with Crippen LogP contribution in [0.1, 0.15) is 11.6 Å². The Labute approximate surface area is 124 Å². The van der Waals surface area contributed by atoms with Gasteiger partial charge in [0.15, 0.2) is 0 Å². The van der Waals surface area contributed by atoms with E-state index in [0.29, 0.717) is 17.3 Å². The number of hydrogen-bond acceptors (Lipinski definition) is 2. The van der Waals surface area contributed by atoms with E-state index in [4.69, 9.17) is 17.3 Å². The average molecular weight is 344 g/mol. The molecule has 0 aromatic heterocycles. The molecule has 2 aromatic rings. The Balaban J connectivity index is 2.25. The summed E-state index contributed by atoms with van der Waals surface area (Å²) in [4.78, 5) is 0. The van der Waals surface area contributed by atoms with Gasteiger partial charge >= 0.3 is 0 Å². The van der Waals surface area contributed by atoms with Gasteiger partial charge in [0, 0.05) is 21.7 Å². The van der Waals surface area contributed by atoms with E-state index in [2.05, 4.69) is 21.2 Å². The number of halogens is 3. The fraction of sp³-hybridized carbons (Fsp3) is 0.143. The van der Waals surface area contributed by atoms with Crippen LogP contribution in [-0.2, 0) is 0 Å². The second-order valence-corrected chi connectivity index (χ2v) is 5.40. The number of anilines is 1. The van der Waals surface area contributed by atoms with Gasteiger partial charge in [0.05, 0.1) is 6.04 Å². The van der Waals surface area contributed by atoms with Gasteiger partial charge in [-0.25, -0.2) is 4.39 Å². The van der Waals surface area contributed by atoms with Crippen molar-refractivity contribution in [1.29, 1.82) is 0 Å². The summed E-state index contributed by atoms with van der Waals surface area (Å²) in [6.45, 7) is 0.386. The van der Waals surface area contributed by atoms with Gasteiger partial charge in [0.2, 0.25) is 0 Å². The van der Waals surface area contributed by atoms with Crippen molar-refractivity contribution in [3.05, 3.63) is 63.3 Å². The fourth-order valence-electron chi connectivity index (χ4n) is 1.83. The zero-order chi connectivity index (χ0) is 13.8. The summed E-state index contributed by atoms with van der Waals surface area (Å²) in [6.07, 6.45) is 0. The van der Waals surface area contributed by atoms with E-state index in [1.807, 2.05) is 12.1 Å². The third kappa shape index (κ3) is 3.69. The first-order valence-electron chi connectivity index (χ1n) is 5.77. The molecule has 0 aliphatic carbocycles. The van der Waals surface area contributed by atoms with Gasteiger partial charge in [-0.15, -0.1) is 0 Å². The minimum Gasteiger partial charge on any atom is -0.377 e. The molecule has 5 heteroatoms. The smallest absolute Gasteiger partial charge is 0.125 e. The maximum atomic E-state index is 13.2. The lowest BCUT2D eigenvalue weighted by molar-refractivity contribution is 0.627. The van der Waals surface area contributed by atoms with E-state index >= 15 is 0 Å². The molecule has 19 heavy (non-hydrogen) atoms. The standard InChI is InChI=1S/C14H13BrClFN2/c15-13-6-9(16)4-5-12(13)14(8-18)19-11-3-1-2-10(17)7-11/h1-7,14,19H,8,18H2. The first-order chi connectivity index (χ1) is 9.10. The lowest BCUT2D eigenvalue weighted by atomic mass is 10.1. The van der Waals surface area contributed by atoms with Crippen molar-refractivity contribution in [3.63, 3.8) is 0 Å². The van der Waals surface area contributed by atoms with Gasteiger partial charge in [0.1, 0.15) is 5.82 Å². The molecular weight excluding hydrogens is 331 g/mol. The molecule has 0 amide bonds. The Kier molecular flexibility index (Phi) is 4.80. The highest BCUT2D eigenvalue weighted by Crippen LogP contribution is 2.28. The van der Waals surface area contributed by atoms with Crippen LogP contribution in [-0.4, -0.2) is 6.54 Å². The molecule has 0 saturated carbocycles. The Morgan fingerprint density at radius 2 is 2.05 bits per heavy atom. The van der Waals surface area contributed by atoms with E-state index in [1.54, 1.807) is 18.2 Å². The van der Waals surface area contributed by atoms with Crippen molar-refractivity contribution in [2.75, 3.05) is 11.9 Å². The molecule has 0 heterocycles. The van der Waals surface area contributed by atoms with Crippen molar-refractivity contribution in [2.45, 2.75) is 6.04 Å². The molecule has 2 rings (SSSR count). The molecule has 0 fully saturated rings. The highest BCUT2D eigenvalue weighted by atomic mass is 79.9. The Hall–Kier alpha value is -1.10. The Bertz CT molecular complexity index is 577. The SMILES string of the molecule is NCC(Nc1cccc(F)c1)c1ccc(Cl)cc1Br. The zero-order valence-electron chi connectivity index (χ0n) is 10.0. The second-order valence-electron chi connectivity index (χ2n) is 4.11. The molecule has 0 bridgehead atoms. The third-order valence-corrected chi connectivity index (χ3v) is 3.66. The van der Waals surface area contributed by atoms with Crippen molar-refractivity contribution in [1.82, 2.24) is 0 Å². The number of rotatable bonds is 4. The molecule has 3 N–H and O–H groups in total. The summed E-state index contributed by atoms with van der Waals surface area (Å²) in [6, 6.07) is 11.7. The zero-order valence-corrected chi connectivity index (χ0v) is 12.4. The molecule has 0 aliphatic heterocycles. The molecule has 1 atom stereocenters.